The molecule has 21 heavy (non-hydrogen) atoms. The van der Waals surface area contributed by atoms with E-state index in [1.54, 1.807) is 7.11 Å². The van der Waals surface area contributed by atoms with E-state index in [4.69, 9.17) is 9.47 Å². The fourth-order valence-corrected chi connectivity index (χ4v) is 3.81. The number of ether oxygens (including phenoxy) is 2. The van der Waals surface area contributed by atoms with E-state index in [2.05, 4.69) is 4.90 Å². The summed E-state index contributed by atoms with van der Waals surface area (Å²) in [5.41, 5.74) is 0.960. The molecule has 1 aromatic carbocycles. The molecule has 0 amide bonds. The number of carbonyl (C=O) groups excluding carboxylic acids is 1. The number of fused-ring (bicyclic) bond motifs is 4. The van der Waals surface area contributed by atoms with Gasteiger partial charge in [0.1, 0.15) is 11.2 Å². The third kappa shape index (κ3) is 1.88. The predicted octanol–water partition coefficient (Wildman–Crippen LogP) is 0.727. The van der Waals surface area contributed by atoms with Gasteiger partial charge in [0.15, 0.2) is 0 Å². The topological polar surface area (TPSA) is 59.0 Å². The molecule has 0 aromatic heterocycles. The summed E-state index contributed by atoms with van der Waals surface area (Å²) in [6.45, 7) is 0.757. The van der Waals surface area contributed by atoms with Gasteiger partial charge in [0, 0.05) is 6.04 Å². The van der Waals surface area contributed by atoms with Crippen molar-refractivity contribution < 1.29 is 19.4 Å². The highest BCUT2D eigenvalue weighted by Crippen LogP contribution is 2.46. The fourth-order valence-electron chi connectivity index (χ4n) is 3.81. The molecular weight excluding hydrogens is 270 g/mol. The molecule has 5 heteroatoms. The molecule has 114 valence electrons. The fraction of sp³-hybridized carbons (Fsp3) is 0.562. The Morgan fingerprint density at radius 3 is 2.86 bits per heavy atom. The summed E-state index contributed by atoms with van der Waals surface area (Å²) in [4.78, 5) is 14.7. The van der Waals surface area contributed by atoms with Gasteiger partial charge in [0.25, 0.3) is 0 Å². The largest absolute Gasteiger partial charge is 0.497 e. The molecule has 1 aromatic rings. The first-order chi connectivity index (χ1) is 10.0. The molecule has 5 nitrogen and oxygen atoms in total. The monoisotopic (exact) mass is 291 g/mol. The van der Waals surface area contributed by atoms with Crippen LogP contribution in [0.3, 0.4) is 0 Å². The van der Waals surface area contributed by atoms with E-state index in [1.807, 2.05) is 25.2 Å². The molecule has 1 aliphatic heterocycles. The van der Waals surface area contributed by atoms with E-state index in [0.29, 0.717) is 12.2 Å². The third-order valence-corrected chi connectivity index (χ3v) is 5.07. The minimum Gasteiger partial charge on any atom is -0.497 e. The molecule has 0 spiro atoms. The number of nitrogens with zero attached hydrogens (tertiary/aromatic N) is 1. The van der Waals surface area contributed by atoms with Crippen LogP contribution in [0.5, 0.6) is 5.75 Å². The van der Waals surface area contributed by atoms with Crippen LogP contribution in [0.1, 0.15) is 17.5 Å². The van der Waals surface area contributed by atoms with Crippen molar-refractivity contribution in [2.45, 2.75) is 30.4 Å². The summed E-state index contributed by atoms with van der Waals surface area (Å²) in [6.07, 6.45) is 0.521. The number of methoxy groups -OCH3 is 2. The maximum atomic E-state index is 12.5. The van der Waals surface area contributed by atoms with Gasteiger partial charge in [-0.05, 0) is 49.7 Å². The smallest absolute Gasteiger partial charge is 0.319 e. The van der Waals surface area contributed by atoms with Crippen LogP contribution in [-0.2, 0) is 21.4 Å². The number of hydrogen-bond donors (Lipinski definition) is 1. The van der Waals surface area contributed by atoms with Gasteiger partial charge in [0.05, 0.1) is 20.3 Å². The maximum Gasteiger partial charge on any atom is 0.319 e. The summed E-state index contributed by atoms with van der Waals surface area (Å²) < 4.78 is 10.3. The Morgan fingerprint density at radius 2 is 2.19 bits per heavy atom. The number of rotatable bonds is 2. The van der Waals surface area contributed by atoms with Crippen LogP contribution in [0.25, 0.3) is 0 Å². The lowest BCUT2D eigenvalue weighted by molar-refractivity contribution is -0.160. The van der Waals surface area contributed by atoms with Gasteiger partial charge in [-0.1, -0.05) is 6.07 Å². The predicted molar refractivity (Wildman–Crippen MR) is 77.4 cm³/mol. The molecule has 3 rings (SSSR count). The number of carbonyl (C=O) groups is 1. The van der Waals surface area contributed by atoms with Crippen LogP contribution in [0.15, 0.2) is 18.2 Å². The first kappa shape index (κ1) is 14.4. The highest BCUT2D eigenvalue weighted by molar-refractivity contribution is 5.86. The van der Waals surface area contributed by atoms with E-state index >= 15 is 0 Å². The minimum atomic E-state index is -0.978. The molecule has 3 unspecified atom stereocenters. The summed E-state index contributed by atoms with van der Waals surface area (Å²) >= 11 is 0. The van der Waals surface area contributed by atoms with Crippen LogP contribution >= 0.6 is 0 Å². The first-order valence-corrected chi connectivity index (χ1v) is 7.18. The molecule has 1 aliphatic carbocycles. The van der Waals surface area contributed by atoms with Crippen molar-refractivity contribution in [1.29, 1.82) is 0 Å². The number of piperidine rings is 1. The van der Waals surface area contributed by atoms with E-state index in [0.717, 1.165) is 24.1 Å². The maximum absolute atomic E-state index is 12.5. The normalized spacial score (nSPS) is 31.4. The van der Waals surface area contributed by atoms with Gasteiger partial charge in [-0.3, -0.25) is 4.79 Å². The zero-order valence-corrected chi connectivity index (χ0v) is 12.6. The standard InChI is InChI=1S/C16H21NO4/c1-17-7-6-16(15(19)21-3)12-9-11(20-2)5-4-10(12)8-13(17)14(16)18/h4-5,9,13-14,18H,6-8H2,1-3H3. The third-order valence-electron chi connectivity index (χ3n) is 5.07. The highest BCUT2D eigenvalue weighted by atomic mass is 16.5. The van der Waals surface area contributed by atoms with Gasteiger partial charge in [-0.2, -0.15) is 0 Å². The Hall–Kier alpha value is -1.59. The molecule has 2 aliphatic rings. The number of aliphatic hydroxyl groups is 1. The van der Waals surface area contributed by atoms with Crippen LogP contribution in [0.4, 0.5) is 0 Å². The molecule has 1 fully saturated rings. The van der Waals surface area contributed by atoms with Gasteiger partial charge in [-0.25, -0.2) is 0 Å². The SMILES string of the molecule is COC(=O)C12CCN(C)C(Cc3ccc(OC)cc31)C2O. The molecule has 0 radical (unpaired) electrons. The molecule has 1 N–H and O–H groups in total. The zero-order valence-electron chi connectivity index (χ0n) is 12.6. The minimum absolute atomic E-state index is 0.0567. The van der Waals surface area contributed by atoms with E-state index in [-0.39, 0.29) is 12.0 Å². The Bertz CT molecular complexity index is 573. The number of benzene rings is 1. The van der Waals surface area contributed by atoms with Crippen molar-refractivity contribution in [3.05, 3.63) is 29.3 Å². The summed E-state index contributed by atoms with van der Waals surface area (Å²) in [5, 5.41) is 10.8. The van der Waals surface area contributed by atoms with Gasteiger partial charge >= 0.3 is 5.97 Å². The molecule has 2 bridgehead atoms. The van der Waals surface area contributed by atoms with Crippen molar-refractivity contribution in [3.63, 3.8) is 0 Å². The number of esters is 1. The zero-order chi connectivity index (χ0) is 15.2. The molecule has 1 saturated heterocycles. The number of likely N-dealkylation sites (tertiary alicyclic amines) is 1. The second kappa shape index (κ2) is 5.00. The van der Waals surface area contributed by atoms with Crippen molar-refractivity contribution in [2.24, 2.45) is 0 Å². The van der Waals surface area contributed by atoms with Crippen molar-refractivity contribution in [3.8, 4) is 5.75 Å². The Morgan fingerprint density at radius 1 is 1.43 bits per heavy atom. The van der Waals surface area contributed by atoms with Gasteiger partial charge in [0.2, 0.25) is 0 Å². The van der Waals surface area contributed by atoms with Crippen LogP contribution in [-0.4, -0.2) is 55.9 Å². The number of aliphatic hydroxyl groups excluding tert-OH is 1. The van der Waals surface area contributed by atoms with Crippen molar-refractivity contribution in [1.82, 2.24) is 4.90 Å². The van der Waals surface area contributed by atoms with E-state index in [1.165, 1.54) is 7.11 Å². The van der Waals surface area contributed by atoms with Crippen LogP contribution in [0.2, 0.25) is 0 Å². The van der Waals surface area contributed by atoms with Crippen LogP contribution < -0.4 is 4.74 Å². The van der Waals surface area contributed by atoms with E-state index in [9.17, 15) is 9.90 Å². The Labute approximate surface area is 124 Å². The van der Waals surface area contributed by atoms with Crippen molar-refractivity contribution >= 4 is 5.97 Å². The number of hydrogen-bond acceptors (Lipinski definition) is 5. The Balaban J connectivity index is 2.21. The molecule has 0 saturated carbocycles. The molecule has 3 atom stereocenters. The Kier molecular flexibility index (Phi) is 3.42. The second-order valence-corrected chi connectivity index (χ2v) is 5.93. The lowest BCUT2D eigenvalue weighted by Gasteiger charge is -2.51. The van der Waals surface area contributed by atoms with Gasteiger partial charge < -0.3 is 19.5 Å². The summed E-state index contributed by atoms with van der Waals surface area (Å²) in [5.74, 6) is 0.337. The lowest BCUT2D eigenvalue weighted by atomic mass is 9.62. The summed E-state index contributed by atoms with van der Waals surface area (Å²) in [6, 6.07) is 5.71. The first-order valence-electron chi connectivity index (χ1n) is 7.18. The average Bonchev–Trinajstić information content (AvgIpc) is 2.50. The molecular formula is C16H21NO4. The number of likely N-dealkylation sites (N-methyl/N-ethyl adjacent to an activating group) is 1. The van der Waals surface area contributed by atoms with Crippen molar-refractivity contribution in [2.75, 3.05) is 27.8 Å². The average molecular weight is 291 g/mol. The highest BCUT2D eigenvalue weighted by Gasteiger charge is 2.57. The molecule has 1 heterocycles. The lowest BCUT2D eigenvalue weighted by Crippen LogP contribution is -2.65. The van der Waals surface area contributed by atoms with Gasteiger partial charge in [-0.15, -0.1) is 0 Å². The van der Waals surface area contributed by atoms with E-state index < -0.39 is 11.5 Å². The quantitative estimate of drug-likeness (QED) is 0.814. The second-order valence-electron chi connectivity index (χ2n) is 5.93. The van der Waals surface area contributed by atoms with Crippen LogP contribution in [0, 0.1) is 0 Å². The summed E-state index contributed by atoms with van der Waals surface area (Å²) in [7, 11) is 4.97.